The fourth-order valence-electron chi connectivity index (χ4n) is 1.86. The fraction of sp³-hybridized carbons (Fsp3) is 0.909. The second kappa shape index (κ2) is 5.47. The Labute approximate surface area is 92.6 Å². The first-order valence-corrected chi connectivity index (χ1v) is 5.76. The Kier molecular flexibility index (Phi) is 4.54. The Hall–Kier alpha value is -0.610. The molecular weight excluding hydrogens is 190 g/mol. The van der Waals surface area contributed by atoms with Gasteiger partial charge in [-0.3, -0.25) is 9.69 Å². The van der Waals surface area contributed by atoms with Crippen LogP contribution in [-0.2, 0) is 4.79 Å². The molecule has 4 nitrogen and oxygen atoms in total. The SMILES string of the molecule is CNC(C)C(=O)N1CCN(C(C)C)CC1. The van der Waals surface area contributed by atoms with Crippen LogP contribution in [0.1, 0.15) is 20.8 Å². The molecule has 15 heavy (non-hydrogen) atoms. The fourth-order valence-corrected chi connectivity index (χ4v) is 1.86. The van der Waals surface area contributed by atoms with Crippen molar-refractivity contribution in [2.24, 2.45) is 0 Å². The van der Waals surface area contributed by atoms with Crippen molar-refractivity contribution in [3.8, 4) is 0 Å². The van der Waals surface area contributed by atoms with Crippen molar-refractivity contribution in [3.63, 3.8) is 0 Å². The van der Waals surface area contributed by atoms with E-state index in [-0.39, 0.29) is 11.9 Å². The molecule has 1 atom stereocenters. The van der Waals surface area contributed by atoms with Crippen LogP contribution in [0, 0.1) is 0 Å². The molecule has 1 amide bonds. The van der Waals surface area contributed by atoms with Crippen LogP contribution in [0.4, 0.5) is 0 Å². The highest BCUT2D eigenvalue weighted by molar-refractivity contribution is 5.81. The summed E-state index contributed by atoms with van der Waals surface area (Å²) in [6, 6.07) is 0.527. The topological polar surface area (TPSA) is 35.6 Å². The first kappa shape index (κ1) is 12.5. The van der Waals surface area contributed by atoms with E-state index in [1.165, 1.54) is 0 Å². The third kappa shape index (κ3) is 3.18. The van der Waals surface area contributed by atoms with Crippen molar-refractivity contribution < 1.29 is 4.79 Å². The van der Waals surface area contributed by atoms with E-state index in [0.29, 0.717) is 6.04 Å². The minimum Gasteiger partial charge on any atom is -0.339 e. The molecule has 1 N–H and O–H groups in total. The van der Waals surface area contributed by atoms with E-state index in [9.17, 15) is 4.79 Å². The van der Waals surface area contributed by atoms with E-state index >= 15 is 0 Å². The summed E-state index contributed by atoms with van der Waals surface area (Å²) in [6.45, 7) is 10.0. The van der Waals surface area contributed by atoms with Crippen LogP contribution < -0.4 is 5.32 Å². The zero-order chi connectivity index (χ0) is 11.4. The van der Waals surface area contributed by atoms with Crippen LogP contribution in [0.15, 0.2) is 0 Å². The molecule has 1 fully saturated rings. The summed E-state index contributed by atoms with van der Waals surface area (Å²) >= 11 is 0. The Morgan fingerprint density at radius 3 is 2.07 bits per heavy atom. The van der Waals surface area contributed by atoms with E-state index in [4.69, 9.17) is 0 Å². The summed E-state index contributed by atoms with van der Waals surface area (Å²) < 4.78 is 0. The molecule has 1 saturated heterocycles. The summed E-state index contributed by atoms with van der Waals surface area (Å²) in [4.78, 5) is 16.2. The van der Waals surface area contributed by atoms with Crippen LogP contribution in [0.5, 0.6) is 0 Å². The zero-order valence-corrected chi connectivity index (χ0v) is 10.3. The number of carbonyl (C=O) groups is 1. The predicted molar refractivity (Wildman–Crippen MR) is 61.8 cm³/mol. The van der Waals surface area contributed by atoms with Gasteiger partial charge in [0.15, 0.2) is 0 Å². The normalized spacial score (nSPS) is 20.7. The van der Waals surface area contributed by atoms with Gasteiger partial charge in [-0.25, -0.2) is 0 Å². The van der Waals surface area contributed by atoms with E-state index < -0.39 is 0 Å². The van der Waals surface area contributed by atoms with Crippen LogP contribution in [0.2, 0.25) is 0 Å². The minimum atomic E-state index is -0.0596. The maximum Gasteiger partial charge on any atom is 0.239 e. The lowest BCUT2D eigenvalue weighted by molar-refractivity contribution is -0.134. The van der Waals surface area contributed by atoms with Gasteiger partial charge < -0.3 is 10.2 Å². The smallest absolute Gasteiger partial charge is 0.239 e. The monoisotopic (exact) mass is 213 g/mol. The van der Waals surface area contributed by atoms with Crippen LogP contribution in [0.3, 0.4) is 0 Å². The molecule has 0 bridgehead atoms. The van der Waals surface area contributed by atoms with Crippen LogP contribution in [0.25, 0.3) is 0 Å². The molecule has 0 aromatic carbocycles. The van der Waals surface area contributed by atoms with E-state index in [0.717, 1.165) is 26.2 Å². The standard InChI is InChI=1S/C11H23N3O/c1-9(2)13-5-7-14(8-6-13)11(15)10(3)12-4/h9-10,12H,5-8H2,1-4H3. The summed E-state index contributed by atoms with van der Waals surface area (Å²) in [5, 5.41) is 2.99. The molecule has 1 heterocycles. The number of nitrogens with zero attached hydrogens (tertiary/aromatic N) is 2. The molecule has 0 aliphatic carbocycles. The summed E-state index contributed by atoms with van der Waals surface area (Å²) in [7, 11) is 1.83. The van der Waals surface area contributed by atoms with Gasteiger partial charge in [-0.05, 0) is 27.8 Å². The highest BCUT2D eigenvalue weighted by atomic mass is 16.2. The largest absolute Gasteiger partial charge is 0.339 e. The van der Waals surface area contributed by atoms with Crippen LogP contribution >= 0.6 is 0 Å². The molecule has 1 aliphatic rings. The van der Waals surface area contributed by atoms with Gasteiger partial charge in [0, 0.05) is 32.2 Å². The van der Waals surface area contributed by atoms with Crippen molar-refractivity contribution in [1.82, 2.24) is 15.1 Å². The third-order valence-corrected chi connectivity index (χ3v) is 3.16. The molecule has 1 rings (SSSR count). The quantitative estimate of drug-likeness (QED) is 0.725. The lowest BCUT2D eigenvalue weighted by atomic mass is 10.2. The molecule has 0 spiro atoms. The van der Waals surface area contributed by atoms with Crippen molar-refractivity contribution >= 4 is 5.91 Å². The van der Waals surface area contributed by atoms with Crippen molar-refractivity contribution in [2.75, 3.05) is 33.2 Å². The van der Waals surface area contributed by atoms with E-state index in [1.54, 1.807) is 0 Å². The number of piperazine rings is 1. The molecule has 1 unspecified atom stereocenters. The van der Waals surface area contributed by atoms with Gasteiger partial charge in [-0.1, -0.05) is 0 Å². The number of hydrogen-bond donors (Lipinski definition) is 1. The second-order valence-corrected chi connectivity index (χ2v) is 4.47. The maximum absolute atomic E-state index is 11.9. The number of carbonyl (C=O) groups excluding carboxylic acids is 1. The van der Waals surface area contributed by atoms with E-state index in [2.05, 4.69) is 24.1 Å². The molecule has 0 saturated carbocycles. The minimum absolute atomic E-state index is 0.0596. The molecular formula is C11H23N3O. The molecule has 0 aromatic heterocycles. The van der Waals surface area contributed by atoms with Gasteiger partial charge in [0.05, 0.1) is 6.04 Å². The van der Waals surface area contributed by atoms with Crippen molar-refractivity contribution in [2.45, 2.75) is 32.9 Å². The molecule has 4 heteroatoms. The van der Waals surface area contributed by atoms with Gasteiger partial charge in [-0.15, -0.1) is 0 Å². The predicted octanol–water partition coefficient (Wildman–Crippen LogP) is 0.147. The maximum atomic E-state index is 11.9. The van der Waals surface area contributed by atoms with Gasteiger partial charge in [0.25, 0.3) is 0 Å². The van der Waals surface area contributed by atoms with Crippen molar-refractivity contribution in [1.29, 1.82) is 0 Å². The van der Waals surface area contributed by atoms with Crippen LogP contribution in [-0.4, -0.2) is 61.0 Å². The zero-order valence-electron chi connectivity index (χ0n) is 10.3. The molecule has 0 radical (unpaired) electrons. The summed E-state index contributed by atoms with van der Waals surface area (Å²) in [6.07, 6.45) is 0. The average Bonchev–Trinajstić information content (AvgIpc) is 2.27. The first-order chi connectivity index (χ1) is 7.06. The second-order valence-electron chi connectivity index (χ2n) is 4.47. The highest BCUT2D eigenvalue weighted by Crippen LogP contribution is 2.06. The Balaban J connectivity index is 2.40. The number of likely N-dealkylation sites (N-methyl/N-ethyl adjacent to an activating group) is 1. The number of hydrogen-bond acceptors (Lipinski definition) is 3. The lowest BCUT2D eigenvalue weighted by Crippen LogP contribution is -2.54. The van der Waals surface area contributed by atoms with Gasteiger partial charge in [0.2, 0.25) is 5.91 Å². The summed E-state index contributed by atoms with van der Waals surface area (Å²) in [5.41, 5.74) is 0. The lowest BCUT2D eigenvalue weighted by Gasteiger charge is -2.37. The number of rotatable bonds is 3. The average molecular weight is 213 g/mol. The van der Waals surface area contributed by atoms with Gasteiger partial charge in [-0.2, -0.15) is 0 Å². The van der Waals surface area contributed by atoms with Crippen molar-refractivity contribution in [3.05, 3.63) is 0 Å². The van der Waals surface area contributed by atoms with E-state index in [1.807, 2.05) is 18.9 Å². The number of amides is 1. The molecule has 1 aliphatic heterocycles. The van der Waals surface area contributed by atoms with Gasteiger partial charge in [0.1, 0.15) is 0 Å². The van der Waals surface area contributed by atoms with Gasteiger partial charge >= 0.3 is 0 Å². The highest BCUT2D eigenvalue weighted by Gasteiger charge is 2.24. The first-order valence-electron chi connectivity index (χ1n) is 5.76. The Morgan fingerprint density at radius 2 is 1.67 bits per heavy atom. The summed E-state index contributed by atoms with van der Waals surface area (Å²) in [5.74, 6) is 0.223. The molecule has 0 aromatic rings. The number of nitrogens with one attached hydrogen (secondary N) is 1. The molecule has 88 valence electrons. The Morgan fingerprint density at radius 1 is 1.13 bits per heavy atom. The third-order valence-electron chi connectivity index (χ3n) is 3.16. The Bertz CT molecular complexity index is 210.